The molecule has 0 radical (unpaired) electrons. The highest BCUT2D eigenvalue weighted by Gasteiger charge is 2.22. The Bertz CT molecular complexity index is 362. The van der Waals surface area contributed by atoms with Gasteiger partial charge in [0.1, 0.15) is 0 Å². The van der Waals surface area contributed by atoms with Gasteiger partial charge in [-0.05, 0) is 26.7 Å². The molecular formula is C12H24BrNO4S. The Labute approximate surface area is 124 Å². The molecule has 0 bridgehead atoms. The Kier molecular flexibility index (Phi) is 8.85. The lowest BCUT2D eigenvalue weighted by molar-refractivity contribution is -0.122. The van der Waals surface area contributed by atoms with Crippen molar-refractivity contribution >= 4 is 31.7 Å². The van der Waals surface area contributed by atoms with Gasteiger partial charge in [0.2, 0.25) is 5.91 Å². The number of hydrogen-bond donors (Lipinski definition) is 1. The molecule has 0 aliphatic carbocycles. The maximum atomic E-state index is 11.5. The molecule has 0 saturated heterocycles. The number of halogens is 1. The Balaban J connectivity index is 3.64. The van der Waals surface area contributed by atoms with E-state index in [0.717, 1.165) is 12.8 Å². The van der Waals surface area contributed by atoms with Crippen LogP contribution in [0.4, 0.5) is 0 Å². The number of ether oxygens (including phenoxy) is 1. The van der Waals surface area contributed by atoms with Crippen LogP contribution in [0, 0.1) is 0 Å². The zero-order chi connectivity index (χ0) is 14.9. The van der Waals surface area contributed by atoms with E-state index < -0.39 is 14.2 Å². The fourth-order valence-electron chi connectivity index (χ4n) is 1.35. The summed E-state index contributed by atoms with van der Waals surface area (Å²) in [4.78, 5) is 11.5. The number of carbonyl (C=O) groups is 1. The van der Waals surface area contributed by atoms with E-state index in [1.807, 2.05) is 0 Å². The summed E-state index contributed by atoms with van der Waals surface area (Å²) in [6, 6.07) is 0. The number of nitrogens with one attached hydrogen (secondary N) is 1. The molecule has 7 heteroatoms. The third-order valence-corrected chi connectivity index (χ3v) is 4.62. The first-order chi connectivity index (χ1) is 8.69. The third kappa shape index (κ3) is 10.3. The van der Waals surface area contributed by atoms with Crippen LogP contribution in [0.5, 0.6) is 0 Å². The number of sulfone groups is 1. The molecule has 0 atom stereocenters. The molecule has 1 N–H and O–H groups in total. The van der Waals surface area contributed by atoms with Crippen LogP contribution < -0.4 is 5.32 Å². The van der Waals surface area contributed by atoms with Gasteiger partial charge in [-0.2, -0.15) is 0 Å². The zero-order valence-electron chi connectivity index (χ0n) is 11.9. The monoisotopic (exact) mass is 357 g/mol. The SMILES string of the molecule is COCCS(=O)(=O)CCCCCNC(=O)C(C)(C)Br. The van der Waals surface area contributed by atoms with E-state index in [-0.39, 0.29) is 24.0 Å². The van der Waals surface area contributed by atoms with Crippen molar-refractivity contribution in [2.45, 2.75) is 37.4 Å². The molecule has 0 heterocycles. The van der Waals surface area contributed by atoms with Crippen molar-refractivity contribution in [3.05, 3.63) is 0 Å². The second-order valence-electron chi connectivity index (χ2n) is 4.93. The average Bonchev–Trinajstić information content (AvgIpc) is 2.29. The van der Waals surface area contributed by atoms with Crippen LogP contribution in [-0.2, 0) is 19.4 Å². The van der Waals surface area contributed by atoms with Crippen molar-refractivity contribution < 1.29 is 17.9 Å². The molecule has 5 nitrogen and oxygen atoms in total. The van der Waals surface area contributed by atoms with Crippen molar-refractivity contribution in [3.8, 4) is 0 Å². The summed E-state index contributed by atoms with van der Waals surface area (Å²) in [6.07, 6.45) is 2.20. The van der Waals surface area contributed by atoms with E-state index >= 15 is 0 Å². The van der Waals surface area contributed by atoms with Crippen molar-refractivity contribution in [3.63, 3.8) is 0 Å². The second-order valence-corrected chi connectivity index (χ2v) is 9.22. The lowest BCUT2D eigenvalue weighted by atomic mass is 10.2. The van der Waals surface area contributed by atoms with E-state index in [9.17, 15) is 13.2 Å². The highest BCUT2D eigenvalue weighted by molar-refractivity contribution is 9.10. The molecule has 0 aromatic rings. The first kappa shape index (κ1) is 18.9. The maximum absolute atomic E-state index is 11.5. The summed E-state index contributed by atoms with van der Waals surface area (Å²) in [5.41, 5.74) is 0. The predicted molar refractivity (Wildman–Crippen MR) is 80.4 cm³/mol. The first-order valence-corrected chi connectivity index (χ1v) is 8.97. The molecule has 114 valence electrons. The van der Waals surface area contributed by atoms with Crippen molar-refractivity contribution in [2.75, 3.05) is 31.8 Å². The minimum Gasteiger partial charge on any atom is -0.384 e. The van der Waals surface area contributed by atoms with Crippen LogP contribution >= 0.6 is 15.9 Å². The molecule has 1 amide bonds. The van der Waals surface area contributed by atoms with Crippen LogP contribution in [0.2, 0.25) is 0 Å². The van der Waals surface area contributed by atoms with E-state index in [4.69, 9.17) is 4.74 Å². The van der Waals surface area contributed by atoms with Gasteiger partial charge in [0.25, 0.3) is 0 Å². The van der Waals surface area contributed by atoms with Gasteiger partial charge in [0, 0.05) is 13.7 Å². The molecule has 0 aliphatic rings. The van der Waals surface area contributed by atoms with Crippen LogP contribution in [-0.4, -0.2) is 50.4 Å². The molecule has 0 rings (SSSR count). The third-order valence-electron chi connectivity index (χ3n) is 2.56. The minimum absolute atomic E-state index is 0.0554. The number of rotatable bonds is 10. The van der Waals surface area contributed by atoms with E-state index in [0.29, 0.717) is 13.0 Å². The topological polar surface area (TPSA) is 72.5 Å². The zero-order valence-corrected chi connectivity index (χ0v) is 14.3. The first-order valence-electron chi connectivity index (χ1n) is 6.35. The Morgan fingerprint density at radius 2 is 1.84 bits per heavy atom. The highest BCUT2D eigenvalue weighted by atomic mass is 79.9. The standard InChI is InChI=1S/C12H24BrNO4S/c1-12(2,13)11(15)14-7-5-4-6-9-19(16,17)10-8-18-3/h4-10H2,1-3H3,(H,14,15). The number of alkyl halides is 1. The molecule has 0 aromatic heterocycles. The van der Waals surface area contributed by atoms with Gasteiger partial charge >= 0.3 is 0 Å². The molecular weight excluding hydrogens is 334 g/mol. The van der Waals surface area contributed by atoms with Crippen molar-refractivity contribution in [1.82, 2.24) is 5.32 Å². The lowest BCUT2D eigenvalue weighted by Crippen LogP contribution is -2.37. The van der Waals surface area contributed by atoms with Crippen molar-refractivity contribution in [1.29, 1.82) is 0 Å². The smallest absolute Gasteiger partial charge is 0.236 e. The summed E-state index contributed by atoms with van der Waals surface area (Å²) in [6.45, 7) is 4.39. The van der Waals surface area contributed by atoms with E-state index in [1.165, 1.54) is 7.11 Å². The van der Waals surface area contributed by atoms with Gasteiger partial charge in [0.05, 0.1) is 22.4 Å². The average molecular weight is 358 g/mol. The second kappa shape index (κ2) is 8.92. The molecule has 0 saturated carbocycles. The van der Waals surface area contributed by atoms with Crippen molar-refractivity contribution in [2.24, 2.45) is 0 Å². The Morgan fingerprint density at radius 3 is 2.37 bits per heavy atom. The maximum Gasteiger partial charge on any atom is 0.236 e. The van der Waals surface area contributed by atoms with Gasteiger partial charge in [-0.25, -0.2) is 8.42 Å². The van der Waals surface area contributed by atoms with Crippen LogP contribution in [0.1, 0.15) is 33.1 Å². The molecule has 0 aliphatic heterocycles. The lowest BCUT2D eigenvalue weighted by Gasteiger charge is -2.15. The highest BCUT2D eigenvalue weighted by Crippen LogP contribution is 2.15. The summed E-state index contributed by atoms with van der Waals surface area (Å²) >= 11 is 3.27. The quantitative estimate of drug-likeness (QED) is 0.475. The Hall–Kier alpha value is -0.140. The fraction of sp³-hybridized carbons (Fsp3) is 0.917. The molecule has 0 aromatic carbocycles. The molecule has 19 heavy (non-hydrogen) atoms. The van der Waals surface area contributed by atoms with Crippen LogP contribution in [0.15, 0.2) is 0 Å². The Morgan fingerprint density at radius 1 is 1.21 bits per heavy atom. The fourth-order valence-corrected chi connectivity index (χ4v) is 2.76. The number of unbranched alkanes of at least 4 members (excludes halogenated alkanes) is 2. The predicted octanol–water partition coefficient (Wildman–Crippen LogP) is 1.51. The molecule has 0 fully saturated rings. The number of carbonyl (C=O) groups excluding carboxylic acids is 1. The number of methoxy groups -OCH3 is 1. The minimum atomic E-state index is -2.99. The van der Waals surface area contributed by atoms with Gasteiger partial charge in [-0.1, -0.05) is 22.4 Å². The molecule has 0 spiro atoms. The van der Waals surface area contributed by atoms with Gasteiger partial charge in [0.15, 0.2) is 9.84 Å². The molecule has 0 unspecified atom stereocenters. The summed E-state index contributed by atoms with van der Waals surface area (Å²) in [7, 11) is -1.50. The summed E-state index contributed by atoms with van der Waals surface area (Å²) < 4.78 is 27.2. The van der Waals surface area contributed by atoms with E-state index in [1.54, 1.807) is 13.8 Å². The normalized spacial score (nSPS) is 12.4. The number of amides is 1. The van der Waals surface area contributed by atoms with Gasteiger partial charge < -0.3 is 10.1 Å². The van der Waals surface area contributed by atoms with Gasteiger partial charge in [-0.15, -0.1) is 0 Å². The number of hydrogen-bond acceptors (Lipinski definition) is 4. The van der Waals surface area contributed by atoms with Crippen LogP contribution in [0.25, 0.3) is 0 Å². The van der Waals surface area contributed by atoms with E-state index in [2.05, 4.69) is 21.2 Å². The largest absolute Gasteiger partial charge is 0.384 e. The van der Waals surface area contributed by atoms with Crippen LogP contribution in [0.3, 0.4) is 0 Å². The summed E-state index contributed by atoms with van der Waals surface area (Å²) in [5, 5.41) is 2.80. The summed E-state index contributed by atoms with van der Waals surface area (Å²) in [5.74, 6) is 0.215. The van der Waals surface area contributed by atoms with Gasteiger partial charge in [-0.3, -0.25) is 4.79 Å².